The minimum absolute atomic E-state index is 0.777. The monoisotopic (exact) mass is 293 g/mol. The smallest absolute Gasteiger partial charge is 0.0946 e. The lowest BCUT2D eigenvalue weighted by atomic mass is 10.1. The van der Waals surface area contributed by atoms with Crippen LogP contribution in [0.3, 0.4) is 0 Å². The number of aromatic nitrogens is 2. The van der Waals surface area contributed by atoms with E-state index in [1.807, 2.05) is 24.1 Å². The minimum Gasteiger partial charge on any atom is -0.378 e. The molecule has 0 radical (unpaired) electrons. The molecule has 0 amide bonds. The fourth-order valence-corrected chi connectivity index (χ4v) is 2.69. The van der Waals surface area contributed by atoms with E-state index in [0.29, 0.717) is 0 Å². The lowest BCUT2D eigenvalue weighted by Crippen LogP contribution is -2.05. The Morgan fingerprint density at radius 2 is 2.12 bits per heavy atom. The zero-order chi connectivity index (χ0) is 12.4. The number of rotatable bonds is 3. The van der Waals surface area contributed by atoms with Gasteiger partial charge in [0, 0.05) is 17.7 Å². The molecule has 0 aliphatic rings. The quantitative estimate of drug-likeness (QED) is 0.940. The maximum atomic E-state index is 4.10. The maximum Gasteiger partial charge on any atom is 0.0946 e. The molecular weight excluding hydrogens is 278 g/mol. The van der Waals surface area contributed by atoms with E-state index < -0.39 is 0 Å². The van der Waals surface area contributed by atoms with Crippen LogP contribution in [0, 0.1) is 13.8 Å². The summed E-state index contributed by atoms with van der Waals surface area (Å²) in [7, 11) is 2.00. The number of hydrogen-bond acceptors (Lipinski definition) is 2. The topological polar surface area (TPSA) is 29.9 Å². The Bertz CT molecular complexity index is 508. The fraction of sp³-hybridized carbons (Fsp3) is 0.308. The summed E-state index contributed by atoms with van der Waals surface area (Å²) in [5.74, 6) is 0. The molecule has 1 heterocycles. The Labute approximate surface area is 110 Å². The third kappa shape index (κ3) is 2.69. The number of benzene rings is 1. The third-order valence-electron chi connectivity index (χ3n) is 2.79. The second-order valence-electron chi connectivity index (χ2n) is 4.29. The molecule has 0 saturated carbocycles. The molecule has 0 bridgehead atoms. The largest absolute Gasteiger partial charge is 0.378 e. The van der Waals surface area contributed by atoms with Crippen LogP contribution in [0.15, 0.2) is 29.1 Å². The lowest BCUT2D eigenvalue weighted by molar-refractivity contribution is 0.837. The molecule has 0 aliphatic heterocycles. The highest BCUT2D eigenvalue weighted by Gasteiger charge is 2.05. The minimum atomic E-state index is 0.777. The summed E-state index contributed by atoms with van der Waals surface area (Å²) in [6.45, 7) is 4.99. The number of imidazole rings is 1. The van der Waals surface area contributed by atoms with Gasteiger partial charge in [0.2, 0.25) is 0 Å². The van der Waals surface area contributed by atoms with E-state index in [2.05, 4.69) is 52.2 Å². The van der Waals surface area contributed by atoms with Crippen molar-refractivity contribution in [3.8, 4) is 0 Å². The van der Waals surface area contributed by atoms with Gasteiger partial charge in [-0.1, -0.05) is 6.07 Å². The van der Waals surface area contributed by atoms with Crippen LogP contribution in [0.1, 0.15) is 16.8 Å². The van der Waals surface area contributed by atoms with Crippen molar-refractivity contribution in [2.24, 2.45) is 7.05 Å². The Balaban J connectivity index is 2.17. The molecule has 90 valence electrons. The van der Waals surface area contributed by atoms with Gasteiger partial charge in [-0.05, 0) is 47.0 Å². The summed E-state index contributed by atoms with van der Waals surface area (Å²) >= 11 is 3.60. The van der Waals surface area contributed by atoms with E-state index in [1.165, 1.54) is 11.1 Å². The van der Waals surface area contributed by atoms with Gasteiger partial charge >= 0.3 is 0 Å². The Morgan fingerprint density at radius 1 is 1.35 bits per heavy atom. The molecule has 3 nitrogen and oxygen atoms in total. The molecule has 1 N–H and O–H groups in total. The number of hydrogen-bond donors (Lipinski definition) is 1. The van der Waals surface area contributed by atoms with Gasteiger partial charge in [-0.3, -0.25) is 0 Å². The highest BCUT2D eigenvalue weighted by molar-refractivity contribution is 9.10. The van der Waals surface area contributed by atoms with Gasteiger partial charge < -0.3 is 9.88 Å². The zero-order valence-electron chi connectivity index (χ0n) is 10.3. The van der Waals surface area contributed by atoms with Crippen molar-refractivity contribution in [1.29, 1.82) is 0 Å². The standard InChI is InChI=1S/C13H16BrN3/c1-9-4-10(2)13(12(14)5-9)16-7-11-6-15-8-17(11)3/h4-6,8,16H,7H2,1-3H3. The van der Waals surface area contributed by atoms with E-state index in [0.717, 1.165) is 22.4 Å². The van der Waals surface area contributed by atoms with Crippen LogP contribution < -0.4 is 5.32 Å². The van der Waals surface area contributed by atoms with Gasteiger partial charge in [0.05, 0.1) is 24.3 Å². The van der Waals surface area contributed by atoms with Crippen LogP contribution >= 0.6 is 15.9 Å². The molecule has 1 aromatic carbocycles. The number of anilines is 1. The molecule has 2 rings (SSSR count). The molecule has 1 aromatic heterocycles. The Morgan fingerprint density at radius 3 is 2.71 bits per heavy atom. The fourth-order valence-electron chi connectivity index (χ4n) is 1.87. The maximum absolute atomic E-state index is 4.10. The van der Waals surface area contributed by atoms with Crippen LogP contribution in [-0.2, 0) is 13.6 Å². The molecular formula is C13H16BrN3. The number of halogens is 1. The molecule has 0 spiro atoms. The summed E-state index contributed by atoms with van der Waals surface area (Å²) in [6, 6.07) is 4.30. The molecule has 17 heavy (non-hydrogen) atoms. The van der Waals surface area contributed by atoms with Crippen LogP contribution in [0.25, 0.3) is 0 Å². The van der Waals surface area contributed by atoms with Crippen molar-refractivity contribution in [2.75, 3.05) is 5.32 Å². The summed E-state index contributed by atoms with van der Waals surface area (Å²) in [5, 5.41) is 3.44. The second-order valence-corrected chi connectivity index (χ2v) is 5.14. The van der Waals surface area contributed by atoms with E-state index >= 15 is 0 Å². The first-order valence-electron chi connectivity index (χ1n) is 5.53. The molecule has 2 aromatic rings. The van der Waals surface area contributed by atoms with Crippen molar-refractivity contribution in [3.63, 3.8) is 0 Å². The second kappa shape index (κ2) is 4.92. The first kappa shape index (κ1) is 12.2. The molecule has 0 aliphatic carbocycles. The zero-order valence-corrected chi connectivity index (χ0v) is 11.9. The first-order chi connectivity index (χ1) is 8.08. The Kier molecular flexibility index (Phi) is 3.52. The molecule has 0 atom stereocenters. The first-order valence-corrected chi connectivity index (χ1v) is 6.33. The molecule has 4 heteroatoms. The van der Waals surface area contributed by atoms with Crippen molar-refractivity contribution in [3.05, 3.63) is 46.0 Å². The molecule has 0 fully saturated rings. The summed E-state index contributed by atoms with van der Waals surface area (Å²) < 4.78 is 3.13. The average Bonchev–Trinajstić information content (AvgIpc) is 2.62. The van der Waals surface area contributed by atoms with E-state index in [-0.39, 0.29) is 0 Å². The summed E-state index contributed by atoms with van der Waals surface area (Å²) in [4.78, 5) is 4.10. The average molecular weight is 294 g/mol. The van der Waals surface area contributed by atoms with Crippen molar-refractivity contribution in [1.82, 2.24) is 9.55 Å². The van der Waals surface area contributed by atoms with Gasteiger partial charge in [0.25, 0.3) is 0 Å². The van der Waals surface area contributed by atoms with Crippen LogP contribution in [0.2, 0.25) is 0 Å². The molecule has 0 saturated heterocycles. The van der Waals surface area contributed by atoms with E-state index in [4.69, 9.17) is 0 Å². The van der Waals surface area contributed by atoms with E-state index in [1.54, 1.807) is 0 Å². The predicted octanol–water partition coefficient (Wildman–Crippen LogP) is 3.41. The normalized spacial score (nSPS) is 10.6. The van der Waals surface area contributed by atoms with Crippen molar-refractivity contribution >= 4 is 21.6 Å². The number of nitrogens with one attached hydrogen (secondary N) is 1. The highest BCUT2D eigenvalue weighted by atomic mass is 79.9. The van der Waals surface area contributed by atoms with Gasteiger partial charge in [-0.2, -0.15) is 0 Å². The number of aryl methyl sites for hydroxylation is 3. The van der Waals surface area contributed by atoms with Gasteiger partial charge in [-0.15, -0.1) is 0 Å². The summed E-state index contributed by atoms with van der Waals surface area (Å²) in [5.41, 5.74) is 4.83. The van der Waals surface area contributed by atoms with Crippen molar-refractivity contribution in [2.45, 2.75) is 20.4 Å². The van der Waals surface area contributed by atoms with E-state index in [9.17, 15) is 0 Å². The predicted molar refractivity (Wildman–Crippen MR) is 74.2 cm³/mol. The van der Waals surface area contributed by atoms with Crippen molar-refractivity contribution < 1.29 is 0 Å². The van der Waals surface area contributed by atoms with Crippen LogP contribution in [-0.4, -0.2) is 9.55 Å². The van der Waals surface area contributed by atoms with Crippen LogP contribution in [0.5, 0.6) is 0 Å². The van der Waals surface area contributed by atoms with Gasteiger partial charge in [-0.25, -0.2) is 4.98 Å². The lowest BCUT2D eigenvalue weighted by Gasteiger charge is -2.13. The van der Waals surface area contributed by atoms with Gasteiger partial charge in [0.15, 0.2) is 0 Å². The molecule has 0 unspecified atom stereocenters. The SMILES string of the molecule is Cc1cc(C)c(NCc2cncn2C)c(Br)c1. The number of nitrogens with zero attached hydrogens (tertiary/aromatic N) is 2. The van der Waals surface area contributed by atoms with Gasteiger partial charge in [0.1, 0.15) is 0 Å². The highest BCUT2D eigenvalue weighted by Crippen LogP contribution is 2.28. The summed E-state index contributed by atoms with van der Waals surface area (Å²) in [6.07, 6.45) is 3.69. The van der Waals surface area contributed by atoms with Crippen LogP contribution in [0.4, 0.5) is 5.69 Å². The Hall–Kier alpha value is -1.29. The third-order valence-corrected chi connectivity index (χ3v) is 3.42.